The Morgan fingerprint density at radius 3 is 2.67 bits per heavy atom. The van der Waals surface area contributed by atoms with Gasteiger partial charge in [0.05, 0.1) is 13.2 Å². The van der Waals surface area contributed by atoms with E-state index in [1.54, 1.807) is 4.90 Å². The van der Waals surface area contributed by atoms with Gasteiger partial charge in [-0.15, -0.1) is 0 Å². The largest absolute Gasteiger partial charge is 0.409 e. The van der Waals surface area contributed by atoms with Crippen LogP contribution in [0.2, 0.25) is 0 Å². The van der Waals surface area contributed by atoms with Gasteiger partial charge < -0.3 is 20.6 Å². The van der Waals surface area contributed by atoms with Gasteiger partial charge >= 0.3 is 0 Å². The lowest BCUT2D eigenvalue weighted by molar-refractivity contribution is 0.0666. The number of ether oxygens (including phenoxy) is 1. The quantitative estimate of drug-likeness (QED) is 0.270. The summed E-state index contributed by atoms with van der Waals surface area (Å²) in [5.74, 6) is 0.367. The first-order valence-electron chi connectivity index (χ1n) is 4.46. The van der Waals surface area contributed by atoms with E-state index in [4.69, 9.17) is 15.7 Å². The van der Waals surface area contributed by atoms with Crippen molar-refractivity contribution < 1.29 is 14.6 Å². The van der Waals surface area contributed by atoms with E-state index in [1.165, 1.54) is 0 Å². The molecule has 2 rings (SSSR count). The molecule has 0 amide bonds. The smallest absolute Gasteiger partial charge is 0.201 e. The molecule has 0 bridgehead atoms. The average Bonchev–Trinajstić information content (AvgIpc) is 2.68. The Hall–Kier alpha value is -1.83. The van der Waals surface area contributed by atoms with Gasteiger partial charge in [-0.05, 0) is 10.3 Å². The van der Waals surface area contributed by atoms with Gasteiger partial charge in [-0.1, -0.05) is 5.16 Å². The lowest BCUT2D eigenvalue weighted by atomic mass is 10.3. The van der Waals surface area contributed by atoms with E-state index in [9.17, 15) is 0 Å². The molecule has 3 N–H and O–H groups in total. The molecule has 1 fully saturated rings. The van der Waals surface area contributed by atoms with Gasteiger partial charge in [0.2, 0.25) is 5.84 Å². The van der Waals surface area contributed by atoms with Gasteiger partial charge in [0, 0.05) is 13.1 Å². The van der Waals surface area contributed by atoms with Crippen LogP contribution in [0.1, 0.15) is 5.69 Å². The van der Waals surface area contributed by atoms with Crippen LogP contribution in [-0.4, -0.2) is 52.6 Å². The maximum atomic E-state index is 8.92. The zero-order chi connectivity index (χ0) is 10.7. The molecular formula is C7H11N5O3. The van der Waals surface area contributed by atoms with Crippen LogP contribution in [0.25, 0.3) is 0 Å². The fourth-order valence-corrected chi connectivity index (χ4v) is 1.39. The van der Waals surface area contributed by atoms with Crippen LogP contribution in [0.3, 0.4) is 0 Å². The van der Waals surface area contributed by atoms with Crippen molar-refractivity contribution in [3.8, 4) is 0 Å². The molecule has 1 aliphatic heterocycles. The van der Waals surface area contributed by atoms with Crippen molar-refractivity contribution in [2.75, 3.05) is 32.0 Å². The van der Waals surface area contributed by atoms with E-state index in [2.05, 4.69) is 20.1 Å². The summed E-state index contributed by atoms with van der Waals surface area (Å²) >= 11 is 0. The minimum absolute atomic E-state index is 0.106. The van der Waals surface area contributed by atoms with Crippen LogP contribution < -0.4 is 5.73 Å². The summed E-state index contributed by atoms with van der Waals surface area (Å²) in [6.07, 6.45) is 0. The number of rotatable bonds is 1. The second-order valence-corrected chi connectivity index (χ2v) is 3.02. The van der Waals surface area contributed by atoms with Crippen molar-refractivity contribution in [1.29, 1.82) is 0 Å². The Bertz CT molecular complexity index is 357. The molecule has 2 heterocycles. The van der Waals surface area contributed by atoms with Gasteiger partial charge in [0.15, 0.2) is 11.5 Å². The van der Waals surface area contributed by atoms with Gasteiger partial charge in [-0.25, -0.2) is 4.63 Å². The molecule has 0 spiro atoms. The molecule has 0 atom stereocenters. The second kappa shape index (κ2) is 4.13. The third-order valence-electron chi connectivity index (χ3n) is 2.13. The van der Waals surface area contributed by atoms with Crippen LogP contribution >= 0.6 is 0 Å². The van der Waals surface area contributed by atoms with Crippen LogP contribution in [0.5, 0.6) is 0 Å². The number of hydrogen-bond donors (Lipinski definition) is 2. The highest BCUT2D eigenvalue weighted by atomic mass is 16.6. The van der Waals surface area contributed by atoms with Crippen molar-refractivity contribution in [2.45, 2.75) is 0 Å². The zero-order valence-electron chi connectivity index (χ0n) is 7.96. The molecule has 0 radical (unpaired) electrons. The molecule has 0 aromatic carbocycles. The fraction of sp³-hybridized carbons (Fsp3) is 0.571. The van der Waals surface area contributed by atoms with E-state index in [0.717, 1.165) is 0 Å². The molecule has 8 nitrogen and oxygen atoms in total. The van der Waals surface area contributed by atoms with Crippen molar-refractivity contribution in [1.82, 2.24) is 15.2 Å². The summed E-state index contributed by atoms with van der Waals surface area (Å²) in [5, 5.41) is 19.1. The average molecular weight is 213 g/mol. The number of anilines is 1. The molecule has 0 unspecified atom stereocenters. The number of nitrogens with zero attached hydrogens (tertiary/aromatic N) is 4. The van der Waals surface area contributed by atoms with Crippen molar-refractivity contribution in [3.63, 3.8) is 0 Å². The van der Waals surface area contributed by atoms with Gasteiger partial charge in [0.1, 0.15) is 0 Å². The highest BCUT2D eigenvalue weighted by Gasteiger charge is 2.23. The number of oxime groups is 1. The van der Waals surface area contributed by atoms with E-state index < -0.39 is 0 Å². The third-order valence-corrected chi connectivity index (χ3v) is 2.13. The minimum atomic E-state index is 0.106. The number of hydrogen-bond acceptors (Lipinski definition) is 7. The standard InChI is InChI=1S/C7H11N5O3/c8-6-5(10-15-11-6)7(9-13)12-1-3-14-4-2-12/h13H,1-4H2,(H2,8,11). The van der Waals surface area contributed by atoms with Crippen molar-refractivity contribution in [3.05, 3.63) is 5.69 Å². The lowest BCUT2D eigenvalue weighted by Gasteiger charge is -2.27. The van der Waals surface area contributed by atoms with E-state index in [-0.39, 0.29) is 17.3 Å². The normalized spacial score (nSPS) is 18.1. The lowest BCUT2D eigenvalue weighted by Crippen LogP contribution is -2.41. The topological polar surface area (TPSA) is 110 Å². The van der Waals surface area contributed by atoms with Gasteiger partial charge in [0.25, 0.3) is 0 Å². The molecule has 1 aromatic heterocycles. The molecule has 0 aliphatic carbocycles. The molecule has 82 valence electrons. The first-order chi connectivity index (χ1) is 7.33. The van der Waals surface area contributed by atoms with Crippen molar-refractivity contribution >= 4 is 11.7 Å². The Labute approximate surface area is 85.2 Å². The predicted octanol–water partition coefficient (Wildman–Crippen LogP) is -0.880. The summed E-state index contributed by atoms with van der Waals surface area (Å²) in [4.78, 5) is 1.80. The first kappa shape index (κ1) is 9.71. The van der Waals surface area contributed by atoms with E-state index in [0.29, 0.717) is 26.3 Å². The molecule has 1 aromatic rings. The Balaban J connectivity index is 2.21. The number of aromatic nitrogens is 2. The Kier molecular flexibility index (Phi) is 2.68. The molecular weight excluding hydrogens is 202 g/mol. The summed E-state index contributed by atoms with van der Waals surface area (Å²) in [7, 11) is 0. The summed E-state index contributed by atoms with van der Waals surface area (Å²) in [6, 6.07) is 0. The maximum Gasteiger partial charge on any atom is 0.201 e. The molecule has 1 aliphatic rings. The first-order valence-corrected chi connectivity index (χ1v) is 4.46. The Morgan fingerprint density at radius 1 is 1.40 bits per heavy atom. The molecule has 1 saturated heterocycles. The fourth-order valence-electron chi connectivity index (χ4n) is 1.39. The highest BCUT2D eigenvalue weighted by molar-refractivity contribution is 6.00. The zero-order valence-corrected chi connectivity index (χ0v) is 7.96. The van der Waals surface area contributed by atoms with E-state index in [1.807, 2.05) is 0 Å². The molecule has 0 saturated carbocycles. The van der Waals surface area contributed by atoms with Crippen LogP contribution in [-0.2, 0) is 4.74 Å². The predicted molar refractivity (Wildman–Crippen MR) is 49.4 cm³/mol. The van der Waals surface area contributed by atoms with Crippen LogP contribution in [0.15, 0.2) is 9.78 Å². The van der Waals surface area contributed by atoms with Crippen LogP contribution in [0, 0.1) is 0 Å². The number of morpholine rings is 1. The van der Waals surface area contributed by atoms with Crippen molar-refractivity contribution in [2.24, 2.45) is 5.16 Å². The number of amidine groups is 1. The summed E-state index contributed by atoms with van der Waals surface area (Å²) < 4.78 is 9.62. The Morgan fingerprint density at radius 2 is 2.13 bits per heavy atom. The summed E-state index contributed by atoms with van der Waals surface area (Å²) in [6.45, 7) is 2.38. The monoisotopic (exact) mass is 213 g/mol. The molecule has 15 heavy (non-hydrogen) atoms. The van der Waals surface area contributed by atoms with E-state index >= 15 is 0 Å². The molecule has 8 heteroatoms. The number of nitrogen functional groups attached to an aromatic ring is 1. The number of nitrogens with two attached hydrogens (primary N) is 1. The van der Waals surface area contributed by atoms with Crippen LogP contribution in [0.4, 0.5) is 5.82 Å². The SMILES string of the molecule is Nc1nonc1C(=NO)N1CCOCC1. The highest BCUT2D eigenvalue weighted by Crippen LogP contribution is 2.11. The maximum absolute atomic E-state index is 8.92. The third kappa shape index (κ3) is 1.84. The second-order valence-electron chi connectivity index (χ2n) is 3.02. The van der Waals surface area contributed by atoms with Gasteiger partial charge in [-0.3, -0.25) is 0 Å². The minimum Gasteiger partial charge on any atom is -0.409 e. The summed E-state index contributed by atoms with van der Waals surface area (Å²) in [5.41, 5.74) is 5.76. The van der Waals surface area contributed by atoms with Gasteiger partial charge in [-0.2, -0.15) is 0 Å².